The second kappa shape index (κ2) is 3.39. The molecule has 0 amide bonds. The number of hydrogen-bond donors (Lipinski definition) is 1. The van der Waals surface area contributed by atoms with Crippen molar-refractivity contribution >= 4 is 30.8 Å². The summed E-state index contributed by atoms with van der Waals surface area (Å²) in [5.41, 5.74) is 1.13. The van der Waals surface area contributed by atoms with Crippen LogP contribution in [0.4, 0.5) is 0 Å². The van der Waals surface area contributed by atoms with Crippen LogP contribution in [0.15, 0.2) is 23.4 Å². The van der Waals surface area contributed by atoms with Crippen molar-refractivity contribution in [2.75, 3.05) is 7.11 Å². The van der Waals surface area contributed by atoms with Crippen LogP contribution in [0, 0.1) is 0 Å². The van der Waals surface area contributed by atoms with E-state index >= 15 is 0 Å². The van der Waals surface area contributed by atoms with Gasteiger partial charge < -0.3 is 9.72 Å². The lowest BCUT2D eigenvalue weighted by molar-refractivity contribution is 0.407. The largest absolute Gasteiger partial charge is 0.493 e. The number of imidazole rings is 1. The predicted octanol–water partition coefficient (Wildman–Crippen LogP) is 1.50. The zero-order valence-electron chi connectivity index (χ0n) is 7.69. The van der Waals surface area contributed by atoms with Gasteiger partial charge >= 0.3 is 0 Å². The fraction of sp³-hybridized carbons (Fsp3) is 0.125. The SMILES string of the molecule is COc1c(S(=O)(=O)Cl)ccc2[nH]cnc12. The first-order chi connectivity index (χ1) is 7.04. The fourth-order valence-corrected chi connectivity index (χ4v) is 2.35. The minimum atomic E-state index is -3.82. The van der Waals surface area contributed by atoms with Crippen LogP contribution in [0.25, 0.3) is 11.0 Å². The number of aromatic nitrogens is 2. The summed E-state index contributed by atoms with van der Waals surface area (Å²) >= 11 is 0. The smallest absolute Gasteiger partial charge is 0.265 e. The summed E-state index contributed by atoms with van der Waals surface area (Å²) in [6, 6.07) is 2.96. The number of aromatic amines is 1. The second-order valence-corrected chi connectivity index (χ2v) is 5.37. The number of methoxy groups -OCH3 is 1. The number of nitrogens with zero attached hydrogens (tertiary/aromatic N) is 1. The van der Waals surface area contributed by atoms with Gasteiger partial charge in [0, 0.05) is 10.7 Å². The molecule has 80 valence electrons. The number of nitrogens with one attached hydrogen (secondary N) is 1. The Morgan fingerprint density at radius 3 is 2.80 bits per heavy atom. The Labute approximate surface area is 90.5 Å². The molecule has 7 heteroatoms. The van der Waals surface area contributed by atoms with Crippen molar-refractivity contribution in [1.29, 1.82) is 0 Å². The van der Waals surface area contributed by atoms with E-state index in [2.05, 4.69) is 9.97 Å². The first kappa shape index (κ1) is 10.3. The fourth-order valence-electron chi connectivity index (χ4n) is 1.35. The molecule has 0 aliphatic carbocycles. The van der Waals surface area contributed by atoms with Crippen LogP contribution in [-0.2, 0) is 9.05 Å². The molecule has 0 saturated heterocycles. The predicted molar refractivity (Wildman–Crippen MR) is 55.7 cm³/mol. The summed E-state index contributed by atoms with van der Waals surface area (Å²) < 4.78 is 27.4. The average Bonchev–Trinajstić information content (AvgIpc) is 2.61. The first-order valence-electron chi connectivity index (χ1n) is 3.99. The van der Waals surface area contributed by atoms with Crippen LogP contribution in [0.3, 0.4) is 0 Å². The van der Waals surface area contributed by atoms with Gasteiger partial charge in [-0.3, -0.25) is 0 Å². The number of hydrogen-bond acceptors (Lipinski definition) is 4. The monoisotopic (exact) mass is 246 g/mol. The van der Waals surface area contributed by atoms with Crippen LogP contribution in [0.5, 0.6) is 5.75 Å². The summed E-state index contributed by atoms with van der Waals surface area (Å²) in [7, 11) is 2.81. The number of halogens is 1. The lowest BCUT2D eigenvalue weighted by atomic mass is 10.3. The molecule has 0 aliphatic rings. The van der Waals surface area contributed by atoms with Gasteiger partial charge in [-0.2, -0.15) is 0 Å². The first-order valence-corrected chi connectivity index (χ1v) is 6.29. The summed E-state index contributed by atoms with van der Waals surface area (Å²) in [5, 5.41) is 0. The summed E-state index contributed by atoms with van der Waals surface area (Å²) in [4.78, 5) is 6.73. The van der Waals surface area contributed by atoms with Crippen molar-refractivity contribution in [3.05, 3.63) is 18.5 Å². The van der Waals surface area contributed by atoms with E-state index in [0.29, 0.717) is 11.0 Å². The molecule has 0 atom stereocenters. The Bertz CT molecular complexity index is 605. The molecule has 0 unspecified atom stereocenters. The zero-order valence-corrected chi connectivity index (χ0v) is 9.26. The van der Waals surface area contributed by atoms with Crippen LogP contribution in [-0.4, -0.2) is 25.5 Å². The van der Waals surface area contributed by atoms with Crippen molar-refractivity contribution in [3.8, 4) is 5.75 Å². The van der Waals surface area contributed by atoms with E-state index in [4.69, 9.17) is 15.4 Å². The molecule has 1 aromatic carbocycles. The molecule has 0 radical (unpaired) electrons. The number of rotatable bonds is 2. The quantitative estimate of drug-likeness (QED) is 0.815. The van der Waals surface area contributed by atoms with E-state index < -0.39 is 9.05 Å². The second-order valence-electron chi connectivity index (χ2n) is 2.83. The van der Waals surface area contributed by atoms with Crippen molar-refractivity contribution < 1.29 is 13.2 Å². The molecule has 1 heterocycles. The van der Waals surface area contributed by atoms with Gasteiger partial charge in [0.1, 0.15) is 10.4 Å². The van der Waals surface area contributed by atoms with Crippen LogP contribution in [0.1, 0.15) is 0 Å². The standard InChI is InChI=1S/C8H7ClN2O3S/c1-14-8-6(15(9,12)13)3-2-5-7(8)11-4-10-5/h2-4H,1H3,(H,10,11). The summed E-state index contributed by atoms with van der Waals surface area (Å²) in [6.45, 7) is 0. The van der Waals surface area contributed by atoms with Crippen LogP contribution in [0.2, 0.25) is 0 Å². The maximum atomic E-state index is 11.2. The highest BCUT2D eigenvalue weighted by Gasteiger charge is 2.19. The van der Waals surface area contributed by atoms with E-state index in [0.717, 1.165) is 0 Å². The molecule has 0 aliphatic heterocycles. The molecule has 5 nitrogen and oxygen atoms in total. The normalized spacial score (nSPS) is 11.9. The van der Waals surface area contributed by atoms with E-state index in [9.17, 15) is 8.42 Å². The van der Waals surface area contributed by atoms with Gasteiger partial charge in [-0.15, -0.1) is 0 Å². The maximum Gasteiger partial charge on any atom is 0.265 e. The van der Waals surface area contributed by atoms with E-state index in [1.165, 1.54) is 19.5 Å². The van der Waals surface area contributed by atoms with Crippen molar-refractivity contribution in [2.45, 2.75) is 4.90 Å². The van der Waals surface area contributed by atoms with Gasteiger partial charge in [-0.25, -0.2) is 13.4 Å². The number of ether oxygens (including phenoxy) is 1. The highest BCUT2D eigenvalue weighted by Crippen LogP contribution is 2.32. The Morgan fingerprint density at radius 1 is 1.47 bits per heavy atom. The van der Waals surface area contributed by atoms with E-state index in [-0.39, 0.29) is 10.6 Å². The molecule has 2 aromatic rings. The van der Waals surface area contributed by atoms with Crippen LogP contribution >= 0.6 is 10.7 Å². The molecule has 0 bridgehead atoms. The van der Waals surface area contributed by atoms with Gasteiger partial charge in [0.2, 0.25) is 0 Å². The summed E-state index contributed by atoms with van der Waals surface area (Å²) in [6.07, 6.45) is 1.46. The minimum absolute atomic E-state index is 0.0775. The van der Waals surface area contributed by atoms with Crippen molar-refractivity contribution in [1.82, 2.24) is 9.97 Å². The molecular formula is C8H7ClN2O3S. The van der Waals surface area contributed by atoms with E-state index in [1.807, 2.05) is 0 Å². The van der Waals surface area contributed by atoms with Crippen molar-refractivity contribution in [3.63, 3.8) is 0 Å². The molecule has 2 rings (SSSR count). The Morgan fingerprint density at radius 2 is 2.20 bits per heavy atom. The molecule has 0 spiro atoms. The van der Waals surface area contributed by atoms with E-state index in [1.54, 1.807) is 6.07 Å². The third-order valence-corrected chi connectivity index (χ3v) is 3.32. The van der Waals surface area contributed by atoms with Gasteiger partial charge in [-0.05, 0) is 12.1 Å². The molecular weight excluding hydrogens is 240 g/mol. The van der Waals surface area contributed by atoms with Gasteiger partial charge in [0.25, 0.3) is 9.05 Å². The minimum Gasteiger partial charge on any atom is -0.493 e. The number of benzene rings is 1. The molecule has 0 saturated carbocycles. The lowest BCUT2D eigenvalue weighted by Crippen LogP contribution is -1.96. The molecule has 15 heavy (non-hydrogen) atoms. The number of fused-ring (bicyclic) bond motifs is 1. The zero-order chi connectivity index (χ0) is 11.1. The Kier molecular flexibility index (Phi) is 2.32. The van der Waals surface area contributed by atoms with Gasteiger partial charge in [0.05, 0.1) is 19.0 Å². The summed E-state index contributed by atoms with van der Waals surface area (Å²) in [5.74, 6) is 0.156. The molecule has 0 fully saturated rings. The Balaban J connectivity index is 2.87. The maximum absolute atomic E-state index is 11.2. The van der Waals surface area contributed by atoms with Gasteiger partial charge in [0.15, 0.2) is 5.75 Å². The highest BCUT2D eigenvalue weighted by atomic mass is 35.7. The topological polar surface area (TPSA) is 72.1 Å². The third kappa shape index (κ3) is 1.66. The molecule has 1 N–H and O–H groups in total. The lowest BCUT2D eigenvalue weighted by Gasteiger charge is -2.05. The highest BCUT2D eigenvalue weighted by molar-refractivity contribution is 8.13. The van der Waals surface area contributed by atoms with Gasteiger partial charge in [-0.1, -0.05) is 0 Å². The third-order valence-electron chi connectivity index (χ3n) is 1.98. The van der Waals surface area contributed by atoms with Crippen LogP contribution < -0.4 is 4.74 Å². The number of H-pyrrole nitrogens is 1. The average molecular weight is 247 g/mol. The van der Waals surface area contributed by atoms with Crippen molar-refractivity contribution in [2.24, 2.45) is 0 Å². The molecule has 1 aromatic heterocycles. The Hall–Kier alpha value is -1.27.